The average molecular weight is 207 g/mol. The van der Waals surface area contributed by atoms with Gasteiger partial charge in [-0.3, -0.25) is 0 Å². The van der Waals surface area contributed by atoms with Gasteiger partial charge >= 0.3 is 0 Å². The summed E-state index contributed by atoms with van der Waals surface area (Å²) in [6.45, 7) is 1.08. The molecule has 2 fully saturated rings. The second-order valence-corrected chi connectivity index (χ2v) is 5.49. The van der Waals surface area contributed by atoms with Crippen molar-refractivity contribution in [1.29, 1.82) is 0 Å². The van der Waals surface area contributed by atoms with Crippen LogP contribution in [0, 0.1) is 11.8 Å². The summed E-state index contributed by atoms with van der Waals surface area (Å²) in [5.74, 6) is 2.03. The Labute approximate surface area is 89.5 Å². The Balaban J connectivity index is 1.54. The van der Waals surface area contributed by atoms with Crippen LogP contribution in [0.4, 0.5) is 0 Å². The van der Waals surface area contributed by atoms with E-state index in [1.165, 1.54) is 31.2 Å². The van der Waals surface area contributed by atoms with Gasteiger partial charge in [0.2, 0.25) is 0 Å². The third-order valence-electron chi connectivity index (χ3n) is 3.38. The maximum absolute atomic E-state index is 3.75. The second kappa shape index (κ2) is 3.67. The fourth-order valence-corrected chi connectivity index (χ4v) is 2.93. The molecule has 1 aromatic rings. The van der Waals surface area contributed by atoms with Crippen LogP contribution in [0.25, 0.3) is 0 Å². The molecule has 0 spiro atoms. The first kappa shape index (κ1) is 8.93. The van der Waals surface area contributed by atoms with Gasteiger partial charge in [-0.25, -0.2) is 0 Å². The van der Waals surface area contributed by atoms with Crippen molar-refractivity contribution in [2.45, 2.75) is 38.3 Å². The van der Waals surface area contributed by atoms with Gasteiger partial charge in [-0.05, 0) is 59.9 Å². The lowest BCUT2D eigenvalue weighted by molar-refractivity contribution is 0.416. The van der Waals surface area contributed by atoms with Crippen LogP contribution in [0.2, 0.25) is 0 Å². The van der Waals surface area contributed by atoms with E-state index >= 15 is 0 Å². The lowest BCUT2D eigenvalue weighted by atomic mass is 10.1. The minimum Gasteiger partial charge on any atom is -0.309 e. The molecular weight excluding hydrogens is 190 g/mol. The third-order valence-corrected chi connectivity index (χ3v) is 4.11. The van der Waals surface area contributed by atoms with Crippen molar-refractivity contribution in [1.82, 2.24) is 5.32 Å². The normalized spacial score (nSPS) is 21.8. The van der Waals surface area contributed by atoms with Gasteiger partial charge in [0.1, 0.15) is 0 Å². The molecule has 0 saturated heterocycles. The third kappa shape index (κ3) is 2.01. The van der Waals surface area contributed by atoms with Crippen molar-refractivity contribution < 1.29 is 0 Å². The van der Waals surface area contributed by atoms with Gasteiger partial charge in [-0.2, -0.15) is 11.3 Å². The predicted octanol–water partition coefficient (Wildman–Crippen LogP) is 3.03. The zero-order chi connectivity index (χ0) is 9.38. The summed E-state index contributed by atoms with van der Waals surface area (Å²) in [5.41, 5.74) is 1.46. The summed E-state index contributed by atoms with van der Waals surface area (Å²) in [6, 6.07) is 3.07. The van der Waals surface area contributed by atoms with Gasteiger partial charge < -0.3 is 5.32 Å². The number of rotatable bonds is 5. The van der Waals surface area contributed by atoms with Crippen LogP contribution in [-0.2, 0) is 6.54 Å². The molecule has 0 aliphatic heterocycles. The molecule has 1 aromatic heterocycles. The Morgan fingerprint density at radius 2 is 2.00 bits per heavy atom. The van der Waals surface area contributed by atoms with E-state index in [9.17, 15) is 0 Å². The smallest absolute Gasteiger partial charge is 0.0216 e. The highest BCUT2D eigenvalue weighted by Gasteiger charge is 2.40. The van der Waals surface area contributed by atoms with Gasteiger partial charge in [0, 0.05) is 12.6 Å². The fraction of sp³-hybridized carbons (Fsp3) is 0.667. The molecule has 76 valence electrons. The van der Waals surface area contributed by atoms with E-state index in [-0.39, 0.29) is 0 Å². The van der Waals surface area contributed by atoms with Crippen LogP contribution in [-0.4, -0.2) is 6.04 Å². The second-order valence-electron chi connectivity index (χ2n) is 4.71. The summed E-state index contributed by atoms with van der Waals surface area (Å²) >= 11 is 1.80. The number of nitrogens with one attached hydrogen (secondary N) is 1. The molecule has 2 saturated carbocycles. The summed E-state index contributed by atoms with van der Waals surface area (Å²) in [7, 11) is 0. The molecule has 0 aromatic carbocycles. The molecule has 0 amide bonds. The van der Waals surface area contributed by atoms with Gasteiger partial charge in [0.05, 0.1) is 0 Å². The first-order valence-electron chi connectivity index (χ1n) is 5.68. The molecule has 0 unspecified atom stereocenters. The van der Waals surface area contributed by atoms with E-state index in [4.69, 9.17) is 0 Å². The Bertz CT molecular complexity index is 273. The quantitative estimate of drug-likeness (QED) is 0.782. The minimum absolute atomic E-state index is 0.842. The fourth-order valence-electron chi connectivity index (χ4n) is 2.26. The van der Waals surface area contributed by atoms with Gasteiger partial charge in [0.25, 0.3) is 0 Å². The molecule has 3 rings (SSSR count). The maximum Gasteiger partial charge on any atom is 0.0216 e. The Kier molecular flexibility index (Phi) is 2.34. The number of hydrogen-bond donors (Lipinski definition) is 1. The molecule has 1 nitrogen and oxygen atoms in total. The first-order valence-corrected chi connectivity index (χ1v) is 6.62. The Morgan fingerprint density at radius 1 is 1.29 bits per heavy atom. The lowest BCUT2D eigenvalue weighted by Crippen LogP contribution is -2.32. The van der Waals surface area contributed by atoms with Crippen molar-refractivity contribution in [2.24, 2.45) is 11.8 Å². The van der Waals surface area contributed by atoms with Crippen LogP contribution in [0.1, 0.15) is 31.2 Å². The zero-order valence-electron chi connectivity index (χ0n) is 8.41. The molecule has 1 heterocycles. The van der Waals surface area contributed by atoms with Crippen LogP contribution in [0.5, 0.6) is 0 Å². The van der Waals surface area contributed by atoms with Gasteiger partial charge in [-0.15, -0.1) is 0 Å². The zero-order valence-corrected chi connectivity index (χ0v) is 9.22. The van der Waals surface area contributed by atoms with E-state index in [0.717, 1.165) is 24.4 Å². The largest absolute Gasteiger partial charge is 0.309 e. The molecular formula is C12H17NS. The lowest BCUT2D eigenvalue weighted by Gasteiger charge is -2.16. The standard InChI is InChI=1S/C12H17NS/c1-2-10(1)12(11-3-4-11)13-7-9-5-6-14-8-9/h5-6,8,10-13H,1-4,7H2. The maximum atomic E-state index is 3.75. The predicted molar refractivity (Wildman–Crippen MR) is 60.4 cm³/mol. The van der Waals surface area contributed by atoms with E-state index < -0.39 is 0 Å². The van der Waals surface area contributed by atoms with Crippen LogP contribution in [0.15, 0.2) is 16.8 Å². The van der Waals surface area contributed by atoms with E-state index in [1.54, 1.807) is 11.3 Å². The van der Waals surface area contributed by atoms with E-state index in [0.29, 0.717) is 0 Å². The monoisotopic (exact) mass is 207 g/mol. The topological polar surface area (TPSA) is 12.0 Å². The van der Waals surface area contributed by atoms with Crippen molar-refractivity contribution in [3.63, 3.8) is 0 Å². The van der Waals surface area contributed by atoms with Crippen molar-refractivity contribution in [2.75, 3.05) is 0 Å². The SMILES string of the molecule is c1cc(CNC(C2CC2)C2CC2)cs1. The Morgan fingerprint density at radius 3 is 2.50 bits per heavy atom. The number of thiophene rings is 1. The van der Waals surface area contributed by atoms with Crippen molar-refractivity contribution >= 4 is 11.3 Å². The highest BCUT2D eigenvalue weighted by molar-refractivity contribution is 7.07. The average Bonchev–Trinajstić information content (AvgIpc) is 3.09. The minimum atomic E-state index is 0.842. The van der Waals surface area contributed by atoms with Crippen LogP contribution in [0.3, 0.4) is 0 Å². The van der Waals surface area contributed by atoms with Crippen LogP contribution < -0.4 is 5.32 Å². The van der Waals surface area contributed by atoms with E-state index in [2.05, 4.69) is 22.1 Å². The highest BCUT2D eigenvalue weighted by Crippen LogP contribution is 2.44. The molecule has 0 bridgehead atoms. The molecule has 2 heteroatoms. The summed E-state index contributed by atoms with van der Waals surface area (Å²) in [5, 5.41) is 8.17. The highest BCUT2D eigenvalue weighted by atomic mass is 32.1. The molecule has 1 N–H and O–H groups in total. The first-order chi connectivity index (χ1) is 6.93. The van der Waals surface area contributed by atoms with Gasteiger partial charge in [-0.1, -0.05) is 0 Å². The molecule has 0 radical (unpaired) electrons. The van der Waals surface area contributed by atoms with Crippen molar-refractivity contribution in [3.8, 4) is 0 Å². The van der Waals surface area contributed by atoms with Crippen LogP contribution >= 0.6 is 11.3 Å². The number of hydrogen-bond acceptors (Lipinski definition) is 2. The Hall–Kier alpha value is -0.340. The summed E-state index contributed by atoms with van der Waals surface area (Å²) in [6.07, 6.45) is 5.88. The van der Waals surface area contributed by atoms with Crippen molar-refractivity contribution in [3.05, 3.63) is 22.4 Å². The molecule has 2 aliphatic carbocycles. The molecule has 0 atom stereocenters. The molecule has 14 heavy (non-hydrogen) atoms. The van der Waals surface area contributed by atoms with E-state index in [1.807, 2.05) is 0 Å². The summed E-state index contributed by atoms with van der Waals surface area (Å²) < 4.78 is 0. The molecule has 2 aliphatic rings. The van der Waals surface area contributed by atoms with Gasteiger partial charge in [0.15, 0.2) is 0 Å². The summed E-state index contributed by atoms with van der Waals surface area (Å²) in [4.78, 5) is 0.